The van der Waals surface area contributed by atoms with Crippen LogP contribution in [0, 0.1) is 5.92 Å². The molecule has 1 aromatic heterocycles. The molecule has 2 N–H and O–H groups in total. The number of nitrogens with one attached hydrogen (secondary N) is 2. The summed E-state index contributed by atoms with van der Waals surface area (Å²) in [7, 11) is 3.25. The molecule has 2 fully saturated rings. The van der Waals surface area contributed by atoms with Crippen LogP contribution in [0.15, 0.2) is 60.8 Å². The summed E-state index contributed by atoms with van der Waals surface area (Å²) in [6, 6.07) is 17.6. The van der Waals surface area contributed by atoms with Crippen LogP contribution in [0.1, 0.15) is 97.1 Å². The molecular formula is C34H40N4O5. The number of rotatable bonds is 12. The van der Waals surface area contributed by atoms with Gasteiger partial charge in [-0.25, -0.2) is 9.99 Å². The number of ether oxygens (including phenoxy) is 2. The molecule has 43 heavy (non-hydrogen) atoms. The normalized spacial score (nSPS) is 15.3. The fourth-order valence-electron chi connectivity index (χ4n) is 5.17. The first-order valence-corrected chi connectivity index (χ1v) is 14.9. The zero-order valence-electron chi connectivity index (χ0n) is 25.4. The van der Waals surface area contributed by atoms with E-state index in [0.29, 0.717) is 11.8 Å². The third-order valence-corrected chi connectivity index (χ3v) is 7.94. The maximum Gasteiger partial charge on any atom is 0.313 e. The van der Waals surface area contributed by atoms with Gasteiger partial charge in [0.05, 0.1) is 19.1 Å². The number of pyridine rings is 1. The van der Waals surface area contributed by atoms with E-state index in [-0.39, 0.29) is 23.2 Å². The standard InChI is InChI=1S/C34H40N4O5/c1-20(2)34(41)43-31-28(42-5)16-17-35-29(31)33(40)36-21(3)32(39)37-38(4)30(26-10-6-8-24(18-26)22-12-13-22)27-11-7-9-25(19-27)23-14-15-23/h6-11,16-23,30H,12-15H2,1-5H3,(H,36,40)(H,37,39)/t21-/m0/s1. The van der Waals surface area contributed by atoms with E-state index in [4.69, 9.17) is 9.47 Å². The van der Waals surface area contributed by atoms with Gasteiger partial charge in [-0.1, -0.05) is 62.4 Å². The van der Waals surface area contributed by atoms with Gasteiger partial charge in [-0.05, 0) is 66.7 Å². The van der Waals surface area contributed by atoms with Gasteiger partial charge in [-0.3, -0.25) is 19.8 Å². The van der Waals surface area contributed by atoms with Crippen molar-refractivity contribution >= 4 is 17.8 Å². The highest BCUT2D eigenvalue weighted by Crippen LogP contribution is 2.43. The van der Waals surface area contributed by atoms with Crippen LogP contribution in [0.3, 0.4) is 0 Å². The minimum absolute atomic E-state index is 0.0860. The van der Waals surface area contributed by atoms with E-state index in [2.05, 4.69) is 64.3 Å². The number of hydrazine groups is 1. The van der Waals surface area contributed by atoms with Crippen molar-refractivity contribution in [3.63, 3.8) is 0 Å². The maximum atomic E-state index is 13.4. The summed E-state index contributed by atoms with van der Waals surface area (Å²) in [5, 5.41) is 4.50. The molecule has 2 aliphatic carbocycles. The zero-order chi connectivity index (χ0) is 30.7. The Balaban J connectivity index is 1.34. The molecule has 0 aliphatic heterocycles. The van der Waals surface area contributed by atoms with Crippen LogP contribution in [-0.2, 0) is 9.59 Å². The number of carbonyl (C=O) groups excluding carboxylic acids is 3. The van der Waals surface area contributed by atoms with Crippen molar-refractivity contribution in [3.05, 3.63) is 88.7 Å². The molecule has 2 saturated carbocycles. The number of nitrogens with zero attached hydrogens (tertiary/aromatic N) is 2. The Bertz CT molecular complexity index is 1440. The Morgan fingerprint density at radius 2 is 1.49 bits per heavy atom. The van der Waals surface area contributed by atoms with E-state index >= 15 is 0 Å². The van der Waals surface area contributed by atoms with Gasteiger partial charge in [-0.15, -0.1) is 0 Å². The highest BCUT2D eigenvalue weighted by molar-refractivity contribution is 5.99. The molecular weight excluding hydrogens is 544 g/mol. The first-order valence-electron chi connectivity index (χ1n) is 14.9. The van der Waals surface area contributed by atoms with E-state index in [0.717, 1.165) is 11.1 Å². The fourth-order valence-corrected chi connectivity index (χ4v) is 5.17. The molecule has 1 atom stereocenters. The maximum absolute atomic E-state index is 13.4. The van der Waals surface area contributed by atoms with Crippen LogP contribution in [0.25, 0.3) is 0 Å². The molecule has 9 heteroatoms. The first kappa shape index (κ1) is 30.2. The van der Waals surface area contributed by atoms with Crippen molar-refractivity contribution in [1.82, 2.24) is 20.7 Å². The average Bonchev–Trinajstić information content (AvgIpc) is 3.91. The van der Waals surface area contributed by atoms with Crippen LogP contribution in [0.5, 0.6) is 11.5 Å². The van der Waals surface area contributed by atoms with Gasteiger partial charge in [-0.2, -0.15) is 0 Å². The molecule has 0 spiro atoms. The molecule has 226 valence electrons. The summed E-state index contributed by atoms with van der Waals surface area (Å²) < 4.78 is 10.8. The van der Waals surface area contributed by atoms with E-state index in [1.54, 1.807) is 20.8 Å². The van der Waals surface area contributed by atoms with Crippen molar-refractivity contribution in [1.29, 1.82) is 0 Å². The average molecular weight is 585 g/mol. The smallest absolute Gasteiger partial charge is 0.313 e. The van der Waals surface area contributed by atoms with E-state index < -0.39 is 29.7 Å². The predicted molar refractivity (Wildman–Crippen MR) is 163 cm³/mol. The molecule has 2 aromatic carbocycles. The quantitative estimate of drug-likeness (QED) is 0.220. The Hall–Kier alpha value is -4.24. The molecule has 0 bridgehead atoms. The van der Waals surface area contributed by atoms with Crippen molar-refractivity contribution in [3.8, 4) is 11.5 Å². The predicted octanol–water partition coefficient (Wildman–Crippen LogP) is 5.28. The lowest BCUT2D eigenvalue weighted by Crippen LogP contribution is -2.51. The molecule has 9 nitrogen and oxygen atoms in total. The summed E-state index contributed by atoms with van der Waals surface area (Å²) in [6.07, 6.45) is 6.20. The van der Waals surface area contributed by atoms with Crippen LogP contribution >= 0.6 is 0 Å². The van der Waals surface area contributed by atoms with Crippen LogP contribution in [0.2, 0.25) is 0 Å². The van der Waals surface area contributed by atoms with Gasteiger partial charge in [0, 0.05) is 19.3 Å². The molecule has 3 aromatic rings. The lowest BCUT2D eigenvalue weighted by Gasteiger charge is -2.31. The van der Waals surface area contributed by atoms with E-state index in [9.17, 15) is 14.4 Å². The number of benzene rings is 2. The number of esters is 1. The van der Waals surface area contributed by atoms with Crippen molar-refractivity contribution in [2.75, 3.05) is 14.2 Å². The van der Waals surface area contributed by atoms with Gasteiger partial charge >= 0.3 is 5.97 Å². The van der Waals surface area contributed by atoms with Crippen LogP contribution in [-0.4, -0.2) is 48.0 Å². The van der Waals surface area contributed by atoms with Gasteiger partial charge < -0.3 is 14.8 Å². The van der Waals surface area contributed by atoms with Crippen molar-refractivity contribution in [2.24, 2.45) is 5.92 Å². The second-order valence-electron chi connectivity index (χ2n) is 11.8. The summed E-state index contributed by atoms with van der Waals surface area (Å²) in [6.45, 7) is 4.97. The van der Waals surface area contributed by atoms with Crippen LogP contribution in [0.4, 0.5) is 0 Å². The Labute approximate surface area is 252 Å². The summed E-state index contributed by atoms with van der Waals surface area (Å²) >= 11 is 0. The molecule has 0 radical (unpaired) electrons. The number of hydrogen-bond donors (Lipinski definition) is 2. The highest BCUT2D eigenvalue weighted by Gasteiger charge is 2.30. The van der Waals surface area contributed by atoms with Gasteiger partial charge in [0.2, 0.25) is 5.75 Å². The third-order valence-electron chi connectivity index (χ3n) is 7.94. The molecule has 2 amide bonds. The number of amides is 2. The first-order chi connectivity index (χ1) is 20.7. The SMILES string of the molecule is COc1ccnc(C(=O)N[C@@H](C)C(=O)NN(C)C(c2cccc(C3CC3)c2)c2cccc(C3CC3)c2)c1OC(=O)C(C)C. The van der Waals surface area contributed by atoms with Crippen LogP contribution < -0.4 is 20.2 Å². The zero-order valence-corrected chi connectivity index (χ0v) is 25.4. The summed E-state index contributed by atoms with van der Waals surface area (Å²) in [5.74, 6) is -0.721. The largest absolute Gasteiger partial charge is 0.493 e. The monoisotopic (exact) mass is 584 g/mol. The Kier molecular flexibility index (Phi) is 9.11. The van der Waals surface area contributed by atoms with E-state index in [1.807, 2.05) is 12.1 Å². The van der Waals surface area contributed by atoms with Crippen molar-refractivity contribution in [2.45, 2.75) is 70.4 Å². The molecule has 2 aliphatic rings. The topological polar surface area (TPSA) is 110 Å². The minimum atomic E-state index is -0.923. The lowest BCUT2D eigenvalue weighted by molar-refractivity contribution is -0.138. The molecule has 1 heterocycles. The number of aromatic nitrogens is 1. The van der Waals surface area contributed by atoms with Gasteiger partial charge in [0.1, 0.15) is 6.04 Å². The summed E-state index contributed by atoms with van der Waals surface area (Å²) in [5.41, 5.74) is 7.67. The number of methoxy groups -OCH3 is 1. The third kappa shape index (κ3) is 7.22. The van der Waals surface area contributed by atoms with E-state index in [1.165, 1.54) is 56.2 Å². The van der Waals surface area contributed by atoms with Crippen molar-refractivity contribution < 1.29 is 23.9 Å². The molecule has 0 unspecified atom stereocenters. The number of carbonyl (C=O) groups is 3. The van der Waals surface area contributed by atoms with Gasteiger partial charge in [0.25, 0.3) is 11.8 Å². The molecule has 5 rings (SSSR count). The second-order valence-corrected chi connectivity index (χ2v) is 11.8. The second kappa shape index (κ2) is 13.0. The fraction of sp³-hybridized carbons (Fsp3) is 0.412. The Morgan fingerprint density at radius 1 is 0.907 bits per heavy atom. The van der Waals surface area contributed by atoms with Gasteiger partial charge in [0.15, 0.2) is 11.4 Å². The minimum Gasteiger partial charge on any atom is -0.493 e. The number of hydrogen-bond acceptors (Lipinski definition) is 7. The lowest BCUT2D eigenvalue weighted by atomic mass is 9.94. The molecule has 0 saturated heterocycles. The Morgan fingerprint density at radius 3 is 2.00 bits per heavy atom. The summed E-state index contributed by atoms with van der Waals surface area (Å²) in [4.78, 5) is 43.1. The highest BCUT2D eigenvalue weighted by atomic mass is 16.6.